The molecule has 1 N–H and O–H groups in total. The molecular formula is C24H24F3N3O3. The Hall–Kier alpha value is -3.33. The van der Waals surface area contributed by atoms with Gasteiger partial charge in [0.15, 0.2) is 11.6 Å². The van der Waals surface area contributed by atoms with Gasteiger partial charge in [0.1, 0.15) is 11.6 Å². The van der Waals surface area contributed by atoms with E-state index in [1.54, 1.807) is 6.92 Å². The molecule has 1 aliphatic heterocycles. The zero-order valence-corrected chi connectivity index (χ0v) is 18.1. The van der Waals surface area contributed by atoms with Crippen molar-refractivity contribution in [2.24, 2.45) is 0 Å². The van der Waals surface area contributed by atoms with Gasteiger partial charge in [-0.2, -0.15) is 5.10 Å². The molecule has 0 spiro atoms. The van der Waals surface area contributed by atoms with Gasteiger partial charge in [-0.15, -0.1) is 0 Å². The minimum atomic E-state index is -0.875. The molecule has 1 aromatic heterocycles. The van der Waals surface area contributed by atoms with Crippen molar-refractivity contribution in [3.05, 3.63) is 71.2 Å². The molecule has 0 radical (unpaired) electrons. The lowest BCUT2D eigenvalue weighted by Gasteiger charge is -2.13. The van der Waals surface area contributed by atoms with Gasteiger partial charge < -0.3 is 14.8 Å². The third-order valence-corrected chi connectivity index (χ3v) is 5.46. The van der Waals surface area contributed by atoms with E-state index in [-0.39, 0.29) is 36.5 Å². The number of carbonyl (C=O) groups excluding carboxylic acids is 1. The van der Waals surface area contributed by atoms with Gasteiger partial charge in [-0.3, -0.25) is 4.79 Å². The smallest absolute Gasteiger partial charge is 0.226 e. The SMILES string of the molecule is Cc1nn(-c2ccc(F)cc2)c(Oc2ccc(F)cc2F)c1CCC(=O)NCC1CCCO1. The number of halogens is 3. The number of nitrogens with zero attached hydrogens (tertiary/aromatic N) is 2. The Morgan fingerprint density at radius 1 is 1.18 bits per heavy atom. The average Bonchev–Trinajstić information content (AvgIpc) is 3.41. The number of aryl methyl sites for hydroxylation is 1. The van der Waals surface area contributed by atoms with Gasteiger partial charge in [0, 0.05) is 31.2 Å². The maximum atomic E-state index is 14.3. The number of rotatable bonds is 8. The maximum Gasteiger partial charge on any atom is 0.226 e. The summed E-state index contributed by atoms with van der Waals surface area (Å²) < 4.78 is 53.8. The molecule has 0 bridgehead atoms. The van der Waals surface area contributed by atoms with Crippen LogP contribution in [0.1, 0.15) is 30.5 Å². The summed E-state index contributed by atoms with van der Waals surface area (Å²) in [5.74, 6) is -2.19. The number of benzene rings is 2. The standard InChI is InChI=1S/C24H24F3N3O3/c1-15-20(9-11-23(31)28-14-19-3-2-12-32-19)24(33-22-10-6-17(26)13-21(22)27)30(29-15)18-7-4-16(25)5-8-18/h4-8,10,13,19H,2-3,9,11-12,14H2,1H3,(H,28,31). The van der Waals surface area contributed by atoms with E-state index in [1.807, 2.05) is 0 Å². The predicted octanol–water partition coefficient (Wildman–Crippen LogP) is 4.62. The summed E-state index contributed by atoms with van der Waals surface area (Å²) in [4.78, 5) is 12.4. The minimum Gasteiger partial charge on any atom is -0.436 e. The molecule has 33 heavy (non-hydrogen) atoms. The van der Waals surface area contributed by atoms with Gasteiger partial charge in [0.2, 0.25) is 11.8 Å². The first kappa shape index (κ1) is 22.8. The number of amides is 1. The van der Waals surface area contributed by atoms with E-state index in [0.717, 1.165) is 25.0 Å². The number of carbonyl (C=O) groups is 1. The van der Waals surface area contributed by atoms with Crippen LogP contribution in [0.25, 0.3) is 5.69 Å². The van der Waals surface area contributed by atoms with Crippen molar-refractivity contribution in [3.63, 3.8) is 0 Å². The van der Waals surface area contributed by atoms with Crippen LogP contribution < -0.4 is 10.1 Å². The summed E-state index contributed by atoms with van der Waals surface area (Å²) in [6.45, 7) is 2.91. The number of hydrogen-bond donors (Lipinski definition) is 1. The number of aromatic nitrogens is 2. The Morgan fingerprint density at radius 2 is 1.94 bits per heavy atom. The van der Waals surface area contributed by atoms with Gasteiger partial charge in [-0.1, -0.05) is 0 Å². The molecule has 1 atom stereocenters. The quantitative estimate of drug-likeness (QED) is 0.534. The van der Waals surface area contributed by atoms with Crippen LogP contribution in [0, 0.1) is 24.4 Å². The first-order valence-electron chi connectivity index (χ1n) is 10.8. The van der Waals surface area contributed by atoms with E-state index >= 15 is 0 Å². The number of nitrogens with one attached hydrogen (secondary N) is 1. The lowest BCUT2D eigenvalue weighted by atomic mass is 10.1. The molecule has 4 rings (SSSR count). The number of ether oxygens (including phenoxy) is 2. The molecule has 0 saturated carbocycles. The van der Waals surface area contributed by atoms with Crippen LogP contribution in [0.2, 0.25) is 0 Å². The van der Waals surface area contributed by atoms with Crippen molar-refractivity contribution < 1.29 is 27.4 Å². The maximum absolute atomic E-state index is 14.3. The highest BCUT2D eigenvalue weighted by molar-refractivity contribution is 5.76. The summed E-state index contributed by atoms with van der Waals surface area (Å²) >= 11 is 0. The fourth-order valence-electron chi connectivity index (χ4n) is 3.71. The molecule has 0 aliphatic carbocycles. The molecule has 1 amide bonds. The molecule has 1 aliphatic rings. The van der Waals surface area contributed by atoms with Gasteiger partial charge in [-0.05, 0) is 62.6 Å². The van der Waals surface area contributed by atoms with Crippen LogP contribution in [0.5, 0.6) is 11.6 Å². The van der Waals surface area contributed by atoms with E-state index in [0.29, 0.717) is 30.1 Å². The summed E-state index contributed by atoms with van der Waals surface area (Å²) in [6, 6.07) is 8.54. The molecule has 3 aromatic rings. The zero-order valence-electron chi connectivity index (χ0n) is 18.1. The van der Waals surface area contributed by atoms with Gasteiger partial charge in [0.05, 0.1) is 17.5 Å². The fraction of sp³-hybridized carbons (Fsp3) is 0.333. The van der Waals surface area contributed by atoms with Crippen molar-refractivity contribution >= 4 is 5.91 Å². The first-order valence-corrected chi connectivity index (χ1v) is 10.8. The molecule has 1 saturated heterocycles. The van der Waals surface area contributed by atoms with E-state index < -0.39 is 17.5 Å². The molecule has 1 fully saturated rings. The zero-order chi connectivity index (χ0) is 23.4. The molecular weight excluding hydrogens is 435 g/mol. The Bertz CT molecular complexity index is 1130. The monoisotopic (exact) mass is 459 g/mol. The summed E-state index contributed by atoms with van der Waals surface area (Å²) in [5.41, 5.74) is 1.66. The van der Waals surface area contributed by atoms with Gasteiger partial charge >= 0.3 is 0 Å². The van der Waals surface area contributed by atoms with Crippen molar-refractivity contribution in [1.82, 2.24) is 15.1 Å². The lowest BCUT2D eigenvalue weighted by Crippen LogP contribution is -2.31. The van der Waals surface area contributed by atoms with Crippen LogP contribution >= 0.6 is 0 Å². The van der Waals surface area contributed by atoms with Gasteiger partial charge in [-0.25, -0.2) is 17.9 Å². The summed E-state index contributed by atoms with van der Waals surface area (Å²) in [7, 11) is 0. The number of hydrogen-bond acceptors (Lipinski definition) is 4. The van der Waals surface area contributed by atoms with Crippen molar-refractivity contribution in [2.45, 2.75) is 38.7 Å². The second-order valence-electron chi connectivity index (χ2n) is 7.87. The first-order chi connectivity index (χ1) is 15.9. The average molecular weight is 459 g/mol. The largest absolute Gasteiger partial charge is 0.436 e. The Kier molecular flexibility index (Phi) is 6.98. The Labute approximate surface area is 189 Å². The van der Waals surface area contributed by atoms with E-state index in [1.165, 1.54) is 35.0 Å². The van der Waals surface area contributed by atoms with Crippen LogP contribution in [0.3, 0.4) is 0 Å². The third kappa shape index (κ3) is 5.54. The van der Waals surface area contributed by atoms with Crippen LogP contribution in [-0.2, 0) is 16.0 Å². The van der Waals surface area contributed by atoms with Crippen LogP contribution in [-0.4, -0.2) is 34.9 Å². The molecule has 1 unspecified atom stereocenters. The highest BCUT2D eigenvalue weighted by atomic mass is 19.1. The molecule has 2 aromatic carbocycles. The summed E-state index contributed by atoms with van der Waals surface area (Å²) in [6.07, 6.45) is 2.39. The second kappa shape index (κ2) is 10.1. The minimum absolute atomic E-state index is 0.0391. The van der Waals surface area contributed by atoms with Crippen molar-refractivity contribution in [3.8, 4) is 17.3 Å². The van der Waals surface area contributed by atoms with E-state index in [4.69, 9.17) is 9.47 Å². The van der Waals surface area contributed by atoms with Crippen molar-refractivity contribution in [2.75, 3.05) is 13.2 Å². The Morgan fingerprint density at radius 3 is 2.64 bits per heavy atom. The van der Waals surface area contributed by atoms with E-state index in [2.05, 4.69) is 10.4 Å². The molecule has 2 heterocycles. The third-order valence-electron chi connectivity index (χ3n) is 5.46. The molecule has 9 heteroatoms. The van der Waals surface area contributed by atoms with E-state index in [9.17, 15) is 18.0 Å². The fourth-order valence-corrected chi connectivity index (χ4v) is 3.71. The topological polar surface area (TPSA) is 65.4 Å². The molecule has 174 valence electrons. The highest BCUT2D eigenvalue weighted by Gasteiger charge is 2.22. The van der Waals surface area contributed by atoms with Gasteiger partial charge in [0.25, 0.3) is 0 Å². The lowest BCUT2D eigenvalue weighted by molar-refractivity contribution is -0.121. The normalized spacial score (nSPS) is 15.6. The van der Waals surface area contributed by atoms with Crippen LogP contribution in [0.15, 0.2) is 42.5 Å². The second-order valence-corrected chi connectivity index (χ2v) is 7.87. The highest BCUT2D eigenvalue weighted by Crippen LogP contribution is 2.33. The van der Waals surface area contributed by atoms with Crippen molar-refractivity contribution in [1.29, 1.82) is 0 Å². The predicted molar refractivity (Wildman–Crippen MR) is 115 cm³/mol. The van der Waals surface area contributed by atoms with Crippen LogP contribution in [0.4, 0.5) is 13.2 Å². The Balaban J connectivity index is 1.58. The molecule has 6 nitrogen and oxygen atoms in total. The summed E-state index contributed by atoms with van der Waals surface area (Å²) in [5, 5.41) is 7.33.